The monoisotopic (exact) mass is 438 g/mol. The molecule has 160 valence electrons. The molecule has 0 unspecified atom stereocenters. The number of rotatable bonds is 5. The Balaban J connectivity index is 2.35. The summed E-state index contributed by atoms with van der Waals surface area (Å²) >= 11 is 6.59. The zero-order valence-corrected chi connectivity index (χ0v) is 18.2. The summed E-state index contributed by atoms with van der Waals surface area (Å²) in [5.74, 6) is 0. The second-order valence-corrected chi connectivity index (χ2v) is 8.44. The van der Waals surface area contributed by atoms with Crippen LogP contribution in [0.15, 0.2) is 78.9 Å². The molecule has 3 aromatic rings. The highest BCUT2D eigenvalue weighted by atomic mass is 35.5. The topological polar surface area (TPSA) is 81.5 Å². The lowest BCUT2D eigenvalue weighted by molar-refractivity contribution is -0.385. The van der Waals surface area contributed by atoms with E-state index in [-0.39, 0.29) is 10.7 Å². The van der Waals surface area contributed by atoms with Crippen LogP contribution in [0, 0.1) is 10.1 Å². The van der Waals surface area contributed by atoms with E-state index < -0.39 is 22.2 Å². The standard InChI is InChI=1S/C24H23ClN2O4/c1-23(2,3)31-22(28)26-24(17-10-6-4-7-11-17,18-12-8-5-9-13-18)20-16-19(27(29)30)14-15-21(20)25/h4-16H,1-3H3,(H,26,28). The van der Waals surface area contributed by atoms with Crippen molar-refractivity contribution in [2.75, 3.05) is 0 Å². The third-order valence-corrected chi connectivity index (χ3v) is 5.00. The maximum Gasteiger partial charge on any atom is 0.408 e. The first kappa shape index (κ1) is 22.3. The predicted molar refractivity (Wildman–Crippen MR) is 120 cm³/mol. The lowest BCUT2D eigenvalue weighted by Crippen LogP contribution is -2.49. The van der Waals surface area contributed by atoms with Crippen molar-refractivity contribution in [3.05, 3.63) is 111 Å². The van der Waals surface area contributed by atoms with E-state index in [2.05, 4.69) is 5.32 Å². The Morgan fingerprint density at radius 2 is 1.45 bits per heavy atom. The van der Waals surface area contributed by atoms with Crippen molar-refractivity contribution in [3.63, 3.8) is 0 Å². The first-order chi connectivity index (χ1) is 14.6. The molecular formula is C24H23ClN2O4. The van der Waals surface area contributed by atoms with E-state index in [0.29, 0.717) is 16.7 Å². The molecule has 0 aromatic heterocycles. The Hall–Kier alpha value is -3.38. The van der Waals surface area contributed by atoms with Crippen LogP contribution in [-0.4, -0.2) is 16.6 Å². The summed E-state index contributed by atoms with van der Waals surface area (Å²) in [6, 6.07) is 22.5. The molecule has 31 heavy (non-hydrogen) atoms. The predicted octanol–water partition coefficient (Wildman–Crippen LogP) is 6.06. The van der Waals surface area contributed by atoms with Gasteiger partial charge in [-0.3, -0.25) is 10.1 Å². The van der Waals surface area contributed by atoms with E-state index in [4.69, 9.17) is 16.3 Å². The minimum atomic E-state index is -1.33. The number of nitro groups is 1. The van der Waals surface area contributed by atoms with Crippen LogP contribution in [0.1, 0.15) is 37.5 Å². The molecule has 0 aliphatic rings. The molecule has 3 aromatic carbocycles. The number of hydrogen-bond donors (Lipinski definition) is 1. The Kier molecular flexibility index (Phi) is 6.32. The molecule has 0 radical (unpaired) electrons. The van der Waals surface area contributed by atoms with Gasteiger partial charge < -0.3 is 10.1 Å². The van der Waals surface area contributed by atoms with Gasteiger partial charge in [0.15, 0.2) is 0 Å². The van der Waals surface area contributed by atoms with Gasteiger partial charge in [0.1, 0.15) is 11.1 Å². The average Bonchev–Trinajstić information content (AvgIpc) is 2.72. The number of nitrogens with zero attached hydrogens (tertiary/aromatic N) is 1. The van der Waals surface area contributed by atoms with E-state index in [0.717, 1.165) is 0 Å². The fourth-order valence-corrected chi connectivity index (χ4v) is 3.70. The largest absolute Gasteiger partial charge is 0.444 e. The maximum atomic E-state index is 13.0. The third kappa shape index (κ3) is 4.86. The van der Waals surface area contributed by atoms with Crippen LogP contribution >= 0.6 is 11.6 Å². The number of hydrogen-bond acceptors (Lipinski definition) is 4. The van der Waals surface area contributed by atoms with Crippen LogP contribution in [-0.2, 0) is 10.3 Å². The van der Waals surface area contributed by atoms with E-state index in [1.807, 2.05) is 60.7 Å². The highest BCUT2D eigenvalue weighted by molar-refractivity contribution is 6.31. The first-order valence-corrected chi connectivity index (χ1v) is 10.1. The number of carbonyl (C=O) groups excluding carboxylic acids is 1. The number of amides is 1. The van der Waals surface area contributed by atoms with Gasteiger partial charge in [0.05, 0.1) is 4.92 Å². The zero-order chi connectivity index (χ0) is 22.6. The lowest BCUT2D eigenvalue weighted by Gasteiger charge is -2.37. The summed E-state index contributed by atoms with van der Waals surface area (Å²) in [5.41, 5.74) is -0.485. The van der Waals surface area contributed by atoms with Gasteiger partial charge in [0.2, 0.25) is 0 Å². The van der Waals surface area contributed by atoms with Crippen molar-refractivity contribution in [2.45, 2.75) is 31.9 Å². The van der Waals surface area contributed by atoms with Crippen molar-refractivity contribution in [3.8, 4) is 0 Å². The van der Waals surface area contributed by atoms with E-state index >= 15 is 0 Å². The summed E-state index contributed by atoms with van der Waals surface area (Å²) in [6.07, 6.45) is -0.678. The maximum absolute atomic E-state index is 13.0. The van der Waals surface area contributed by atoms with Crippen molar-refractivity contribution in [1.29, 1.82) is 0 Å². The van der Waals surface area contributed by atoms with Gasteiger partial charge in [-0.15, -0.1) is 0 Å². The third-order valence-electron chi connectivity index (χ3n) is 4.67. The number of alkyl carbamates (subject to hydrolysis) is 1. The molecule has 0 heterocycles. The van der Waals surface area contributed by atoms with Crippen molar-refractivity contribution in [2.24, 2.45) is 0 Å². The molecule has 0 fully saturated rings. The van der Waals surface area contributed by atoms with Crippen molar-refractivity contribution in [1.82, 2.24) is 5.32 Å². The minimum Gasteiger partial charge on any atom is -0.444 e. The number of nitro benzene ring substituents is 1. The molecule has 1 N–H and O–H groups in total. The smallest absolute Gasteiger partial charge is 0.408 e. The minimum absolute atomic E-state index is 0.137. The van der Waals surface area contributed by atoms with E-state index in [1.165, 1.54) is 18.2 Å². The first-order valence-electron chi connectivity index (χ1n) is 9.70. The molecule has 7 heteroatoms. The number of benzene rings is 3. The van der Waals surface area contributed by atoms with E-state index in [9.17, 15) is 14.9 Å². The molecule has 6 nitrogen and oxygen atoms in total. The van der Waals surface area contributed by atoms with E-state index in [1.54, 1.807) is 20.8 Å². The molecule has 0 saturated carbocycles. The molecule has 1 amide bonds. The summed E-state index contributed by atoms with van der Waals surface area (Å²) in [4.78, 5) is 24.0. The average molecular weight is 439 g/mol. The number of non-ortho nitro benzene ring substituents is 1. The molecular weight excluding hydrogens is 416 g/mol. The fourth-order valence-electron chi connectivity index (χ4n) is 3.44. The summed E-state index contributed by atoms with van der Waals surface area (Å²) in [6.45, 7) is 5.29. The van der Waals surface area contributed by atoms with Crippen LogP contribution < -0.4 is 5.32 Å². The van der Waals surface area contributed by atoms with Gasteiger partial charge in [-0.25, -0.2) is 4.79 Å². The van der Waals surface area contributed by atoms with Crippen LogP contribution in [0.2, 0.25) is 5.02 Å². The Bertz CT molecular complexity index is 1040. The fraction of sp³-hybridized carbons (Fsp3) is 0.208. The quantitative estimate of drug-likeness (QED) is 0.298. The van der Waals surface area contributed by atoms with Crippen LogP contribution in [0.4, 0.5) is 10.5 Å². The molecule has 0 bridgehead atoms. The van der Waals surface area contributed by atoms with Crippen LogP contribution in [0.3, 0.4) is 0 Å². The highest BCUT2D eigenvalue weighted by Crippen LogP contribution is 2.41. The molecule has 3 rings (SSSR count). The van der Waals surface area contributed by atoms with Crippen molar-refractivity contribution >= 4 is 23.4 Å². The number of ether oxygens (including phenoxy) is 1. The van der Waals surface area contributed by atoms with Crippen LogP contribution in [0.25, 0.3) is 0 Å². The normalized spacial score (nSPS) is 11.6. The van der Waals surface area contributed by atoms with Gasteiger partial charge >= 0.3 is 6.09 Å². The van der Waals surface area contributed by atoms with Crippen LogP contribution in [0.5, 0.6) is 0 Å². The summed E-state index contributed by atoms with van der Waals surface area (Å²) in [7, 11) is 0. The second-order valence-electron chi connectivity index (χ2n) is 8.03. The SMILES string of the molecule is CC(C)(C)OC(=O)NC(c1ccccc1)(c1ccccc1)c1cc([N+](=O)[O-])ccc1Cl. The summed E-state index contributed by atoms with van der Waals surface area (Å²) in [5, 5.41) is 14.8. The molecule has 0 atom stereocenters. The lowest BCUT2D eigenvalue weighted by atomic mass is 9.77. The van der Waals surface area contributed by atoms with Gasteiger partial charge in [0.25, 0.3) is 5.69 Å². The molecule has 0 saturated heterocycles. The Labute approximate surface area is 186 Å². The number of nitrogens with one attached hydrogen (secondary N) is 1. The van der Waals surface area contributed by atoms with Crippen molar-refractivity contribution < 1.29 is 14.5 Å². The summed E-state index contributed by atoms with van der Waals surface area (Å²) < 4.78 is 5.55. The van der Waals surface area contributed by atoms with Gasteiger partial charge in [-0.05, 0) is 38.0 Å². The van der Waals surface area contributed by atoms with Gasteiger partial charge in [-0.2, -0.15) is 0 Å². The van der Waals surface area contributed by atoms with Gasteiger partial charge in [0, 0.05) is 22.7 Å². The number of halogens is 1. The Morgan fingerprint density at radius 3 is 1.90 bits per heavy atom. The Morgan fingerprint density at radius 1 is 0.935 bits per heavy atom. The molecule has 0 aliphatic carbocycles. The zero-order valence-electron chi connectivity index (χ0n) is 17.5. The molecule has 0 spiro atoms. The second kappa shape index (κ2) is 8.78. The highest BCUT2D eigenvalue weighted by Gasteiger charge is 2.41. The van der Waals surface area contributed by atoms with Gasteiger partial charge in [-0.1, -0.05) is 72.3 Å². The molecule has 0 aliphatic heterocycles. The number of carbonyl (C=O) groups is 1.